The van der Waals surface area contributed by atoms with Crippen LogP contribution >= 0.6 is 0 Å². The van der Waals surface area contributed by atoms with Crippen LogP contribution in [0.25, 0.3) is 11.3 Å². The topological polar surface area (TPSA) is 53.1 Å². The number of hydrogen-bond acceptors (Lipinski definition) is 3. The Balaban J connectivity index is 2.65. The van der Waals surface area contributed by atoms with Crippen molar-refractivity contribution in [3.8, 4) is 17.0 Å². The Bertz CT molecular complexity index is 578. The highest BCUT2D eigenvalue weighted by atomic mass is 19.1. The van der Waals surface area contributed by atoms with Gasteiger partial charge in [0.05, 0.1) is 18.5 Å². The summed E-state index contributed by atoms with van der Waals surface area (Å²) < 4.78 is 20.3. The minimum atomic E-state index is -0.315. The lowest BCUT2D eigenvalue weighted by Crippen LogP contribution is -2.05. The van der Waals surface area contributed by atoms with E-state index in [0.29, 0.717) is 23.6 Å². The Kier molecular flexibility index (Phi) is 3.34. The molecule has 0 aliphatic heterocycles. The van der Waals surface area contributed by atoms with E-state index in [1.807, 2.05) is 14.0 Å². The summed E-state index contributed by atoms with van der Waals surface area (Å²) in [6.45, 7) is 2.32. The summed E-state index contributed by atoms with van der Waals surface area (Å²) in [4.78, 5) is 0. The summed E-state index contributed by atoms with van der Waals surface area (Å²) in [7, 11) is 3.38. The molecule has 0 bridgehead atoms. The first-order chi connectivity index (χ1) is 8.58. The fourth-order valence-corrected chi connectivity index (χ4v) is 2.07. The van der Waals surface area contributed by atoms with Gasteiger partial charge in [-0.3, -0.25) is 4.68 Å². The fraction of sp³-hybridized carbons (Fsp3) is 0.308. The number of nitrogens with two attached hydrogens (primary N) is 1. The van der Waals surface area contributed by atoms with Gasteiger partial charge >= 0.3 is 0 Å². The van der Waals surface area contributed by atoms with Crippen LogP contribution < -0.4 is 10.5 Å². The summed E-state index contributed by atoms with van der Waals surface area (Å²) in [5, 5.41) is 4.39. The zero-order valence-corrected chi connectivity index (χ0v) is 10.7. The lowest BCUT2D eigenvalue weighted by atomic mass is 10.1. The molecule has 2 N–H and O–H groups in total. The average Bonchev–Trinajstić information content (AvgIpc) is 2.64. The highest BCUT2D eigenvalue weighted by Gasteiger charge is 2.16. The molecule has 5 heteroatoms. The Hall–Kier alpha value is -1.88. The monoisotopic (exact) mass is 249 g/mol. The second kappa shape index (κ2) is 4.78. The molecular weight excluding hydrogens is 233 g/mol. The van der Waals surface area contributed by atoms with Gasteiger partial charge in [-0.05, 0) is 30.7 Å². The Labute approximate surface area is 105 Å². The number of aromatic nitrogens is 2. The number of ether oxygens (including phenoxy) is 1. The van der Waals surface area contributed by atoms with E-state index in [2.05, 4.69) is 5.10 Å². The van der Waals surface area contributed by atoms with Crippen LogP contribution in [-0.2, 0) is 13.6 Å². The van der Waals surface area contributed by atoms with E-state index in [0.717, 1.165) is 11.3 Å². The summed E-state index contributed by atoms with van der Waals surface area (Å²) >= 11 is 0. The average molecular weight is 249 g/mol. The van der Waals surface area contributed by atoms with Crippen molar-refractivity contribution in [2.45, 2.75) is 13.5 Å². The summed E-state index contributed by atoms with van der Waals surface area (Å²) in [5.74, 6) is 0.284. The molecule has 0 fully saturated rings. The van der Waals surface area contributed by atoms with Crippen LogP contribution in [0.4, 0.5) is 4.39 Å². The number of rotatable bonds is 3. The van der Waals surface area contributed by atoms with Crippen LogP contribution in [0.3, 0.4) is 0 Å². The van der Waals surface area contributed by atoms with Crippen LogP contribution in [-0.4, -0.2) is 16.9 Å². The normalized spacial score (nSPS) is 10.7. The van der Waals surface area contributed by atoms with Gasteiger partial charge in [0.25, 0.3) is 0 Å². The number of hydrogen-bond donors (Lipinski definition) is 1. The maximum absolute atomic E-state index is 13.4. The van der Waals surface area contributed by atoms with E-state index in [1.54, 1.807) is 17.9 Å². The van der Waals surface area contributed by atoms with Crippen molar-refractivity contribution in [2.24, 2.45) is 12.8 Å². The van der Waals surface area contributed by atoms with Crippen molar-refractivity contribution in [1.29, 1.82) is 0 Å². The molecule has 1 aromatic heterocycles. The third kappa shape index (κ3) is 1.97. The summed E-state index contributed by atoms with van der Waals surface area (Å²) in [6, 6.07) is 4.39. The van der Waals surface area contributed by atoms with Crippen LogP contribution in [0.5, 0.6) is 5.75 Å². The van der Waals surface area contributed by atoms with Crippen molar-refractivity contribution >= 4 is 0 Å². The molecule has 18 heavy (non-hydrogen) atoms. The van der Waals surface area contributed by atoms with Gasteiger partial charge in [-0.2, -0.15) is 5.10 Å². The molecule has 0 saturated heterocycles. The van der Waals surface area contributed by atoms with E-state index in [9.17, 15) is 4.39 Å². The van der Waals surface area contributed by atoms with Crippen LogP contribution in [0.15, 0.2) is 18.2 Å². The van der Waals surface area contributed by atoms with Crippen molar-refractivity contribution in [3.05, 3.63) is 35.3 Å². The molecule has 2 rings (SSSR count). The number of methoxy groups -OCH3 is 1. The number of halogens is 1. The molecule has 96 valence electrons. The molecule has 2 aromatic rings. The van der Waals surface area contributed by atoms with Gasteiger partial charge in [0, 0.05) is 19.2 Å². The molecule has 0 aliphatic rings. The van der Waals surface area contributed by atoms with Gasteiger partial charge < -0.3 is 10.5 Å². The van der Waals surface area contributed by atoms with Gasteiger partial charge in [-0.1, -0.05) is 0 Å². The Morgan fingerprint density at radius 3 is 2.72 bits per heavy atom. The zero-order valence-electron chi connectivity index (χ0n) is 10.7. The molecule has 0 amide bonds. The van der Waals surface area contributed by atoms with Crippen molar-refractivity contribution in [3.63, 3.8) is 0 Å². The predicted octanol–water partition coefficient (Wildman–Crippen LogP) is 2.00. The standard InChI is InChI=1S/C13H16FN3O/c1-8-11(7-15)17(2)16-13(8)10-6-9(14)4-5-12(10)18-3/h4-6H,7,15H2,1-3H3. The fourth-order valence-electron chi connectivity index (χ4n) is 2.07. The van der Waals surface area contributed by atoms with E-state index in [1.165, 1.54) is 12.1 Å². The van der Waals surface area contributed by atoms with Gasteiger partial charge in [-0.25, -0.2) is 4.39 Å². The van der Waals surface area contributed by atoms with Crippen LogP contribution in [0.1, 0.15) is 11.3 Å². The molecule has 0 unspecified atom stereocenters. The molecule has 0 radical (unpaired) electrons. The highest BCUT2D eigenvalue weighted by Crippen LogP contribution is 2.32. The van der Waals surface area contributed by atoms with Crippen LogP contribution in [0.2, 0.25) is 0 Å². The second-order valence-electron chi connectivity index (χ2n) is 4.09. The summed E-state index contributed by atoms with van der Waals surface area (Å²) in [6.07, 6.45) is 0. The zero-order chi connectivity index (χ0) is 13.3. The van der Waals surface area contributed by atoms with Gasteiger partial charge in [-0.15, -0.1) is 0 Å². The van der Waals surface area contributed by atoms with Crippen molar-refractivity contribution in [2.75, 3.05) is 7.11 Å². The number of nitrogens with zero attached hydrogens (tertiary/aromatic N) is 2. The molecule has 0 saturated carbocycles. The molecule has 0 atom stereocenters. The van der Waals surface area contributed by atoms with Gasteiger partial charge in [0.1, 0.15) is 11.6 Å². The number of aryl methyl sites for hydroxylation is 1. The maximum atomic E-state index is 13.4. The highest BCUT2D eigenvalue weighted by molar-refractivity contribution is 5.70. The SMILES string of the molecule is COc1ccc(F)cc1-c1nn(C)c(CN)c1C. The third-order valence-corrected chi connectivity index (χ3v) is 3.04. The quantitative estimate of drug-likeness (QED) is 0.905. The first-order valence-electron chi connectivity index (χ1n) is 5.65. The van der Waals surface area contributed by atoms with Gasteiger partial charge in [0.15, 0.2) is 0 Å². The Morgan fingerprint density at radius 1 is 1.44 bits per heavy atom. The van der Waals surface area contributed by atoms with Crippen molar-refractivity contribution in [1.82, 2.24) is 9.78 Å². The number of benzene rings is 1. The molecule has 4 nitrogen and oxygen atoms in total. The molecule has 1 aromatic carbocycles. The smallest absolute Gasteiger partial charge is 0.128 e. The van der Waals surface area contributed by atoms with Gasteiger partial charge in [0.2, 0.25) is 0 Å². The molecule has 0 aliphatic carbocycles. The first kappa shape index (κ1) is 12.6. The maximum Gasteiger partial charge on any atom is 0.128 e. The Morgan fingerprint density at radius 2 is 2.17 bits per heavy atom. The van der Waals surface area contributed by atoms with E-state index < -0.39 is 0 Å². The second-order valence-corrected chi connectivity index (χ2v) is 4.09. The lowest BCUT2D eigenvalue weighted by molar-refractivity contribution is 0.415. The third-order valence-electron chi connectivity index (χ3n) is 3.04. The largest absolute Gasteiger partial charge is 0.496 e. The molecule has 1 heterocycles. The minimum absolute atomic E-state index is 0.315. The summed E-state index contributed by atoms with van der Waals surface area (Å²) in [5.41, 5.74) is 8.90. The molecular formula is C13H16FN3O. The molecule has 0 spiro atoms. The van der Waals surface area contributed by atoms with E-state index in [4.69, 9.17) is 10.5 Å². The lowest BCUT2D eigenvalue weighted by Gasteiger charge is -2.07. The van der Waals surface area contributed by atoms with E-state index in [-0.39, 0.29) is 5.82 Å². The predicted molar refractivity (Wildman–Crippen MR) is 67.8 cm³/mol. The first-order valence-corrected chi connectivity index (χ1v) is 5.65. The van der Waals surface area contributed by atoms with Crippen LogP contribution in [0, 0.1) is 12.7 Å². The van der Waals surface area contributed by atoms with Crippen molar-refractivity contribution < 1.29 is 9.13 Å². The van der Waals surface area contributed by atoms with E-state index >= 15 is 0 Å². The minimum Gasteiger partial charge on any atom is -0.496 e.